The van der Waals surface area contributed by atoms with E-state index in [2.05, 4.69) is 10.3 Å². The molecule has 142 valence electrons. The van der Waals surface area contributed by atoms with E-state index < -0.39 is 11.9 Å². The van der Waals surface area contributed by atoms with E-state index >= 15 is 0 Å². The first-order chi connectivity index (χ1) is 12.3. The number of rotatable bonds is 4. The summed E-state index contributed by atoms with van der Waals surface area (Å²) in [6, 6.07) is 2.39. The third kappa shape index (κ3) is 3.86. The van der Waals surface area contributed by atoms with E-state index in [1.807, 2.05) is 11.9 Å². The Balaban J connectivity index is 1.78. The molecule has 0 bridgehead atoms. The summed E-state index contributed by atoms with van der Waals surface area (Å²) >= 11 is 1.06. The predicted molar refractivity (Wildman–Crippen MR) is 96.5 cm³/mol. The number of thiophene rings is 1. The van der Waals surface area contributed by atoms with Crippen LogP contribution in [0.4, 0.5) is 13.2 Å². The molecular formula is C18H22F3N3OS. The van der Waals surface area contributed by atoms with Gasteiger partial charge in [-0.1, -0.05) is 0 Å². The van der Waals surface area contributed by atoms with Crippen molar-refractivity contribution in [3.05, 3.63) is 28.3 Å². The summed E-state index contributed by atoms with van der Waals surface area (Å²) in [7, 11) is 1.93. The molecule has 1 fully saturated rings. The van der Waals surface area contributed by atoms with Gasteiger partial charge >= 0.3 is 6.18 Å². The predicted octanol–water partition coefficient (Wildman–Crippen LogP) is 4.09. The molecular weight excluding hydrogens is 363 g/mol. The lowest BCUT2D eigenvalue weighted by molar-refractivity contribution is -0.140. The highest BCUT2D eigenvalue weighted by Gasteiger charge is 2.33. The Morgan fingerprint density at radius 3 is 2.65 bits per heavy atom. The zero-order valence-corrected chi connectivity index (χ0v) is 15.6. The van der Waals surface area contributed by atoms with Gasteiger partial charge < -0.3 is 10.2 Å². The van der Waals surface area contributed by atoms with Gasteiger partial charge in [-0.05, 0) is 63.4 Å². The summed E-state index contributed by atoms with van der Waals surface area (Å²) in [6.07, 6.45) is -1.45. The van der Waals surface area contributed by atoms with Gasteiger partial charge in [0.05, 0.1) is 4.88 Å². The molecule has 1 amide bonds. The van der Waals surface area contributed by atoms with Crippen LogP contribution in [-0.4, -0.2) is 42.5 Å². The van der Waals surface area contributed by atoms with Crippen molar-refractivity contribution in [1.82, 2.24) is 15.2 Å². The first kappa shape index (κ1) is 19.1. The number of carbonyl (C=O) groups is 1. The van der Waals surface area contributed by atoms with Crippen LogP contribution in [0.1, 0.15) is 40.2 Å². The van der Waals surface area contributed by atoms with Gasteiger partial charge in [0.25, 0.3) is 5.91 Å². The molecule has 0 saturated carbocycles. The van der Waals surface area contributed by atoms with E-state index in [1.165, 1.54) is 6.07 Å². The second-order valence-corrected chi connectivity index (χ2v) is 7.73. The molecule has 8 heteroatoms. The highest BCUT2D eigenvalue weighted by molar-refractivity contribution is 7.20. The molecule has 0 spiro atoms. The van der Waals surface area contributed by atoms with Crippen molar-refractivity contribution >= 4 is 27.5 Å². The maximum Gasteiger partial charge on any atom is 0.433 e. The van der Waals surface area contributed by atoms with Crippen molar-refractivity contribution in [2.24, 2.45) is 5.92 Å². The van der Waals surface area contributed by atoms with E-state index in [4.69, 9.17) is 0 Å². The van der Waals surface area contributed by atoms with Crippen LogP contribution >= 0.6 is 11.3 Å². The molecule has 1 aliphatic heterocycles. The Labute approximate surface area is 154 Å². The molecule has 26 heavy (non-hydrogen) atoms. The average molecular weight is 385 g/mol. The zero-order chi connectivity index (χ0) is 18.9. The number of fused-ring (bicyclic) bond motifs is 1. The highest BCUT2D eigenvalue weighted by Crippen LogP contribution is 2.35. The van der Waals surface area contributed by atoms with Gasteiger partial charge in [-0.2, -0.15) is 13.2 Å². The molecule has 0 aromatic carbocycles. The number of carbonyl (C=O) groups excluding carboxylic acids is 1. The van der Waals surface area contributed by atoms with Crippen LogP contribution in [0.5, 0.6) is 0 Å². The van der Waals surface area contributed by atoms with E-state index in [-0.39, 0.29) is 10.7 Å². The number of aryl methyl sites for hydroxylation is 1. The van der Waals surface area contributed by atoms with E-state index in [9.17, 15) is 18.0 Å². The highest BCUT2D eigenvalue weighted by atomic mass is 32.1. The number of likely N-dealkylation sites (tertiary alicyclic amines) is 1. The van der Waals surface area contributed by atoms with Gasteiger partial charge in [-0.15, -0.1) is 11.3 Å². The van der Waals surface area contributed by atoms with Crippen LogP contribution in [-0.2, 0) is 6.18 Å². The number of hydrogen-bond acceptors (Lipinski definition) is 4. The van der Waals surface area contributed by atoms with E-state index in [0.717, 1.165) is 43.2 Å². The maximum absolute atomic E-state index is 12.9. The average Bonchev–Trinajstić information content (AvgIpc) is 2.95. The van der Waals surface area contributed by atoms with Crippen molar-refractivity contribution in [3.8, 4) is 0 Å². The normalized spacial score (nSPS) is 16.4. The summed E-state index contributed by atoms with van der Waals surface area (Å²) < 4.78 is 38.6. The summed E-state index contributed by atoms with van der Waals surface area (Å²) in [5.41, 5.74) is -0.205. The Hall–Kier alpha value is -1.67. The quantitative estimate of drug-likeness (QED) is 0.862. The van der Waals surface area contributed by atoms with Gasteiger partial charge in [-0.3, -0.25) is 4.79 Å². The molecule has 3 heterocycles. The van der Waals surface area contributed by atoms with Crippen molar-refractivity contribution in [2.75, 3.05) is 26.7 Å². The Kier molecular flexibility index (Phi) is 5.53. The van der Waals surface area contributed by atoms with E-state index in [0.29, 0.717) is 34.8 Å². The smallest absolute Gasteiger partial charge is 0.338 e. The van der Waals surface area contributed by atoms with Crippen molar-refractivity contribution in [2.45, 2.75) is 32.4 Å². The number of alkyl halides is 3. The summed E-state index contributed by atoms with van der Waals surface area (Å²) in [4.78, 5) is 19.2. The number of amides is 1. The zero-order valence-electron chi connectivity index (χ0n) is 14.8. The third-order valence-corrected chi connectivity index (χ3v) is 6.18. The number of nitrogens with one attached hydrogen (secondary N) is 1. The van der Waals surface area contributed by atoms with Gasteiger partial charge in [0.15, 0.2) is 0 Å². The minimum atomic E-state index is -4.48. The molecule has 0 radical (unpaired) electrons. The summed E-state index contributed by atoms with van der Waals surface area (Å²) in [6.45, 7) is 4.15. The first-order valence-electron chi connectivity index (χ1n) is 8.72. The van der Waals surface area contributed by atoms with Gasteiger partial charge in [-0.25, -0.2) is 4.98 Å². The maximum atomic E-state index is 12.9. The second-order valence-electron chi connectivity index (χ2n) is 6.73. The van der Waals surface area contributed by atoms with Crippen molar-refractivity contribution < 1.29 is 18.0 Å². The number of halogens is 3. The molecule has 0 atom stereocenters. The fraction of sp³-hybridized carbons (Fsp3) is 0.556. The Morgan fingerprint density at radius 2 is 2.04 bits per heavy atom. The monoisotopic (exact) mass is 385 g/mol. The van der Waals surface area contributed by atoms with Crippen molar-refractivity contribution in [1.29, 1.82) is 0 Å². The molecule has 2 aromatic rings. The lowest BCUT2D eigenvalue weighted by Crippen LogP contribution is -2.38. The van der Waals surface area contributed by atoms with Crippen molar-refractivity contribution in [3.63, 3.8) is 0 Å². The molecule has 0 aliphatic carbocycles. The SMILES string of the molecule is CNCCC1CCN(C(=O)c2sc3nc(C(F)(F)F)ccc3c2C)CC1. The summed E-state index contributed by atoms with van der Waals surface area (Å²) in [5.74, 6) is 0.525. The number of nitrogens with zero attached hydrogens (tertiary/aromatic N) is 2. The Morgan fingerprint density at radius 1 is 1.35 bits per heavy atom. The second kappa shape index (κ2) is 7.52. The van der Waals surface area contributed by atoms with Gasteiger partial charge in [0, 0.05) is 18.5 Å². The first-order valence-corrected chi connectivity index (χ1v) is 9.54. The van der Waals surface area contributed by atoms with Gasteiger partial charge in [0.1, 0.15) is 10.5 Å². The minimum Gasteiger partial charge on any atom is -0.338 e. The molecule has 4 nitrogen and oxygen atoms in total. The van der Waals surface area contributed by atoms with Crippen LogP contribution < -0.4 is 5.32 Å². The molecule has 3 rings (SSSR count). The number of hydrogen-bond donors (Lipinski definition) is 1. The largest absolute Gasteiger partial charge is 0.433 e. The van der Waals surface area contributed by atoms with Crippen LogP contribution in [0.2, 0.25) is 0 Å². The fourth-order valence-electron chi connectivity index (χ4n) is 3.38. The number of piperidine rings is 1. The molecule has 2 aromatic heterocycles. The van der Waals surface area contributed by atoms with Gasteiger partial charge in [0.2, 0.25) is 0 Å². The molecule has 1 N–H and O–H groups in total. The third-order valence-electron chi connectivity index (χ3n) is 4.99. The molecule has 0 unspecified atom stereocenters. The molecule has 1 aliphatic rings. The van der Waals surface area contributed by atoms with E-state index in [1.54, 1.807) is 6.92 Å². The number of aromatic nitrogens is 1. The fourth-order valence-corrected chi connectivity index (χ4v) is 4.53. The van der Waals surface area contributed by atoms with Crippen LogP contribution in [0.15, 0.2) is 12.1 Å². The van der Waals surface area contributed by atoms with Crippen LogP contribution in [0, 0.1) is 12.8 Å². The minimum absolute atomic E-state index is 0.0916. The Bertz CT molecular complexity index is 795. The molecule has 1 saturated heterocycles. The standard InChI is InChI=1S/C18H22F3N3OS/c1-11-13-3-4-14(18(19,20)21)23-16(13)26-15(11)17(25)24-9-6-12(7-10-24)5-8-22-2/h3-4,12,22H,5-10H2,1-2H3. The lowest BCUT2D eigenvalue weighted by Gasteiger charge is -2.32. The lowest BCUT2D eigenvalue weighted by atomic mass is 9.93. The topological polar surface area (TPSA) is 45.2 Å². The van der Waals surface area contributed by atoms with Crippen LogP contribution in [0.3, 0.4) is 0 Å². The number of pyridine rings is 1. The van der Waals surface area contributed by atoms with Crippen LogP contribution in [0.25, 0.3) is 10.2 Å². The summed E-state index contributed by atoms with van der Waals surface area (Å²) in [5, 5.41) is 3.77.